The lowest BCUT2D eigenvalue weighted by Crippen LogP contribution is -2.45. The highest BCUT2D eigenvalue weighted by Gasteiger charge is 2.22. The first-order valence-corrected chi connectivity index (χ1v) is 10.5. The van der Waals surface area contributed by atoms with Crippen molar-refractivity contribution in [2.75, 3.05) is 29.0 Å². The topological polar surface area (TPSA) is 90.5 Å². The molecule has 1 atom stereocenters. The van der Waals surface area contributed by atoms with Crippen molar-refractivity contribution in [3.05, 3.63) is 54.1 Å². The number of nitrogens with one attached hydrogen (secondary N) is 3. The number of likely N-dealkylation sites (N-methyl/N-ethyl adjacent to an activating group) is 1. The van der Waals surface area contributed by atoms with Crippen LogP contribution in [0.2, 0.25) is 0 Å². The van der Waals surface area contributed by atoms with E-state index in [1.165, 1.54) is 12.5 Å². The van der Waals surface area contributed by atoms with Crippen LogP contribution in [0.4, 0.5) is 17.1 Å². The molecule has 0 saturated carbocycles. The zero-order valence-electron chi connectivity index (χ0n) is 18.9. The van der Waals surface area contributed by atoms with Crippen molar-refractivity contribution in [3.63, 3.8) is 0 Å². The van der Waals surface area contributed by atoms with Crippen molar-refractivity contribution in [3.8, 4) is 0 Å². The van der Waals surface area contributed by atoms with Crippen molar-refractivity contribution in [1.29, 1.82) is 0 Å². The normalized spacial score (nSPS) is 11.8. The zero-order chi connectivity index (χ0) is 23.0. The van der Waals surface area contributed by atoms with Gasteiger partial charge in [0.05, 0.1) is 12.6 Å². The van der Waals surface area contributed by atoms with E-state index in [9.17, 15) is 14.4 Å². The van der Waals surface area contributed by atoms with Gasteiger partial charge >= 0.3 is 0 Å². The summed E-state index contributed by atoms with van der Waals surface area (Å²) in [7, 11) is 0. The Labute approximate surface area is 184 Å². The Morgan fingerprint density at radius 2 is 1.29 bits per heavy atom. The molecule has 2 aromatic carbocycles. The monoisotopic (exact) mass is 424 g/mol. The Balaban J connectivity index is 1.91. The number of carbonyl (C=O) groups excluding carboxylic acids is 3. The average Bonchev–Trinajstić information content (AvgIpc) is 2.73. The minimum atomic E-state index is -0.470. The fourth-order valence-electron chi connectivity index (χ4n) is 3.11. The maximum atomic E-state index is 12.7. The van der Waals surface area contributed by atoms with E-state index in [1.807, 2.05) is 31.2 Å². The average molecular weight is 425 g/mol. The highest BCUT2D eigenvalue weighted by atomic mass is 16.2. The molecular formula is C24H32N4O3. The van der Waals surface area contributed by atoms with E-state index in [1.54, 1.807) is 36.1 Å². The summed E-state index contributed by atoms with van der Waals surface area (Å²) in [6, 6.07) is 14.2. The van der Waals surface area contributed by atoms with Crippen LogP contribution in [0.15, 0.2) is 48.5 Å². The molecule has 7 heteroatoms. The number of hydrogen-bond donors (Lipinski definition) is 3. The van der Waals surface area contributed by atoms with Crippen LogP contribution >= 0.6 is 0 Å². The molecule has 0 aromatic heterocycles. The third kappa shape index (κ3) is 7.53. The molecule has 3 amide bonds. The van der Waals surface area contributed by atoms with Crippen molar-refractivity contribution >= 4 is 34.8 Å². The molecule has 0 spiro atoms. The smallest absolute Gasteiger partial charge is 0.241 e. The van der Waals surface area contributed by atoms with Crippen molar-refractivity contribution in [2.24, 2.45) is 0 Å². The molecule has 0 unspecified atom stereocenters. The maximum Gasteiger partial charge on any atom is 0.241 e. The Kier molecular flexibility index (Phi) is 8.75. The second kappa shape index (κ2) is 11.3. The minimum absolute atomic E-state index is 0.0881. The van der Waals surface area contributed by atoms with Crippen molar-refractivity contribution in [1.82, 2.24) is 4.90 Å². The minimum Gasteiger partial charge on any atom is -0.326 e. The fourth-order valence-corrected chi connectivity index (χ4v) is 3.11. The molecule has 0 fully saturated rings. The molecule has 166 valence electrons. The third-order valence-electron chi connectivity index (χ3n) is 5.01. The summed E-state index contributed by atoms with van der Waals surface area (Å²) in [6.07, 6.45) is 0. The number of anilines is 3. The predicted molar refractivity (Wildman–Crippen MR) is 125 cm³/mol. The molecule has 0 heterocycles. The maximum absolute atomic E-state index is 12.7. The molecule has 0 aliphatic rings. The molecule has 2 aromatic rings. The Morgan fingerprint density at radius 3 is 1.77 bits per heavy atom. The Bertz CT molecular complexity index is 892. The lowest BCUT2D eigenvalue weighted by atomic mass is 10.0. The van der Waals surface area contributed by atoms with Gasteiger partial charge in [0.15, 0.2) is 0 Å². The van der Waals surface area contributed by atoms with E-state index in [4.69, 9.17) is 0 Å². The summed E-state index contributed by atoms with van der Waals surface area (Å²) in [5, 5.41) is 8.42. The first-order valence-electron chi connectivity index (χ1n) is 10.5. The van der Waals surface area contributed by atoms with Gasteiger partial charge in [0.25, 0.3) is 0 Å². The molecule has 0 radical (unpaired) electrons. The zero-order valence-corrected chi connectivity index (χ0v) is 18.9. The van der Waals surface area contributed by atoms with Gasteiger partial charge in [-0.2, -0.15) is 0 Å². The van der Waals surface area contributed by atoms with E-state index in [-0.39, 0.29) is 24.3 Å². The van der Waals surface area contributed by atoms with Crippen LogP contribution in [0.3, 0.4) is 0 Å². The largest absolute Gasteiger partial charge is 0.326 e. The fraction of sp³-hybridized carbons (Fsp3) is 0.375. The van der Waals surface area contributed by atoms with Crippen molar-refractivity contribution < 1.29 is 14.4 Å². The van der Waals surface area contributed by atoms with Crippen LogP contribution in [-0.2, 0) is 14.4 Å². The third-order valence-corrected chi connectivity index (χ3v) is 5.01. The van der Waals surface area contributed by atoms with Crippen molar-refractivity contribution in [2.45, 2.75) is 46.6 Å². The van der Waals surface area contributed by atoms with Gasteiger partial charge in [-0.15, -0.1) is 0 Å². The van der Waals surface area contributed by atoms with Gasteiger partial charge in [-0.1, -0.05) is 32.9 Å². The molecule has 7 nitrogen and oxygen atoms in total. The lowest BCUT2D eigenvalue weighted by molar-refractivity contribution is -0.123. The summed E-state index contributed by atoms with van der Waals surface area (Å²) < 4.78 is 0. The Hall–Kier alpha value is -3.19. The second-order valence-electron chi connectivity index (χ2n) is 7.81. The van der Waals surface area contributed by atoms with E-state index in [0.29, 0.717) is 23.8 Å². The number of benzene rings is 2. The van der Waals surface area contributed by atoms with E-state index in [2.05, 4.69) is 29.8 Å². The number of hydrogen-bond acceptors (Lipinski definition) is 4. The quantitative estimate of drug-likeness (QED) is 0.566. The van der Waals surface area contributed by atoms with E-state index >= 15 is 0 Å². The van der Waals surface area contributed by atoms with E-state index < -0.39 is 6.04 Å². The molecule has 3 N–H and O–H groups in total. The van der Waals surface area contributed by atoms with Gasteiger partial charge in [-0.25, -0.2) is 0 Å². The number of carbonyl (C=O) groups is 3. The standard InChI is InChI=1S/C24H32N4O3/c1-6-28(15-23(30)26-21-13-11-20(12-14-21)25-18(5)29)17(4)24(31)27-22-9-7-19(8-10-22)16(2)3/h7-14,16-17H,6,15H2,1-5H3,(H,25,29)(H,26,30)(H,27,31)/t17-/m0/s1. The summed E-state index contributed by atoms with van der Waals surface area (Å²) in [4.78, 5) is 38.0. The van der Waals surface area contributed by atoms with Crippen LogP contribution in [0.1, 0.15) is 46.1 Å². The summed E-state index contributed by atoms with van der Waals surface area (Å²) in [5.41, 5.74) is 3.23. The molecule has 0 aliphatic heterocycles. The van der Waals surface area contributed by atoms with Crippen LogP contribution in [-0.4, -0.2) is 41.8 Å². The van der Waals surface area contributed by atoms with Gasteiger partial charge in [0.1, 0.15) is 0 Å². The number of nitrogens with zero attached hydrogens (tertiary/aromatic N) is 1. The lowest BCUT2D eigenvalue weighted by Gasteiger charge is -2.26. The predicted octanol–water partition coefficient (Wildman–Crippen LogP) is 4.06. The van der Waals surface area contributed by atoms with Gasteiger partial charge in [-0.05, 0) is 61.3 Å². The number of amides is 3. The van der Waals surface area contributed by atoms with Crippen LogP contribution in [0.25, 0.3) is 0 Å². The summed E-state index contributed by atoms with van der Waals surface area (Å²) in [5.74, 6) is -0.0976. The molecule has 0 aliphatic carbocycles. The summed E-state index contributed by atoms with van der Waals surface area (Å²) in [6.45, 7) is 10.0. The molecule has 31 heavy (non-hydrogen) atoms. The van der Waals surface area contributed by atoms with Gasteiger partial charge in [0.2, 0.25) is 17.7 Å². The highest BCUT2D eigenvalue weighted by Crippen LogP contribution is 2.18. The summed E-state index contributed by atoms with van der Waals surface area (Å²) >= 11 is 0. The first-order chi connectivity index (χ1) is 14.7. The Morgan fingerprint density at radius 1 is 0.806 bits per heavy atom. The molecule has 0 bridgehead atoms. The van der Waals surface area contributed by atoms with E-state index in [0.717, 1.165) is 5.69 Å². The highest BCUT2D eigenvalue weighted by molar-refractivity contribution is 5.96. The SMILES string of the molecule is CCN(CC(=O)Nc1ccc(NC(C)=O)cc1)[C@@H](C)C(=O)Nc1ccc(C(C)C)cc1. The molecular weight excluding hydrogens is 392 g/mol. The van der Waals surface area contributed by atoms with Crippen LogP contribution < -0.4 is 16.0 Å². The number of rotatable bonds is 9. The second-order valence-corrected chi connectivity index (χ2v) is 7.81. The van der Waals surface area contributed by atoms with Gasteiger partial charge in [-0.3, -0.25) is 19.3 Å². The first kappa shape index (κ1) is 24.1. The van der Waals surface area contributed by atoms with Crippen LogP contribution in [0, 0.1) is 0 Å². The van der Waals surface area contributed by atoms with Gasteiger partial charge in [0, 0.05) is 24.0 Å². The molecule has 0 saturated heterocycles. The van der Waals surface area contributed by atoms with Gasteiger partial charge < -0.3 is 16.0 Å². The molecule has 2 rings (SSSR count). The van der Waals surface area contributed by atoms with Crippen LogP contribution in [0.5, 0.6) is 0 Å².